The molecule has 0 fully saturated rings. The fraction of sp³-hybridized carbons (Fsp3) is 0.909. The Kier molecular flexibility index (Phi) is 5.58. The van der Waals surface area contributed by atoms with E-state index < -0.39 is 33.1 Å². The summed E-state index contributed by atoms with van der Waals surface area (Å²) in [6.45, 7) is 8.71. The van der Waals surface area contributed by atoms with Crippen LogP contribution in [0.1, 0.15) is 41.0 Å². The molecule has 0 aromatic carbocycles. The van der Waals surface area contributed by atoms with Gasteiger partial charge in [-0.05, 0) is 32.6 Å². The molecule has 0 heterocycles. The van der Waals surface area contributed by atoms with Gasteiger partial charge in [0.15, 0.2) is 0 Å². The van der Waals surface area contributed by atoms with E-state index in [0.717, 1.165) is 0 Å². The van der Waals surface area contributed by atoms with Crippen LogP contribution in [0.3, 0.4) is 0 Å². The van der Waals surface area contributed by atoms with Crippen LogP contribution in [0.5, 0.6) is 0 Å². The van der Waals surface area contributed by atoms with Gasteiger partial charge in [0.25, 0.3) is 0 Å². The highest BCUT2D eigenvalue weighted by atomic mass is 32.3. The first kappa shape index (κ1) is 17.2. The summed E-state index contributed by atoms with van der Waals surface area (Å²) in [5.41, 5.74) is -1.32. The van der Waals surface area contributed by atoms with Crippen LogP contribution in [0, 0.1) is 5.41 Å². The van der Waals surface area contributed by atoms with Crippen molar-refractivity contribution in [2.75, 3.05) is 12.3 Å². The number of nitrogens with one attached hydrogen (secondary N) is 1. The van der Waals surface area contributed by atoms with Gasteiger partial charge >= 0.3 is 16.3 Å². The van der Waals surface area contributed by atoms with Crippen molar-refractivity contribution in [2.45, 2.75) is 46.6 Å². The molecule has 5 nitrogen and oxygen atoms in total. The van der Waals surface area contributed by atoms with E-state index in [1.807, 2.05) is 0 Å². The Hall–Kier alpha value is -0.850. The standard InChI is InChI=1S/C11H22FNO4S/c1-10(2,3)17-9(14)13-7-6-11(4,5)8-18(12,15)16/h6-8H2,1-5H3,(H,13,14). The molecule has 0 rings (SSSR count). The number of hydrogen-bond donors (Lipinski definition) is 1. The topological polar surface area (TPSA) is 72.5 Å². The highest BCUT2D eigenvalue weighted by molar-refractivity contribution is 7.86. The van der Waals surface area contributed by atoms with E-state index in [-0.39, 0.29) is 6.54 Å². The van der Waals surface area contributed by atoms with Gasteiger partial charge in [0.2, 0.25) is 0 Å². The normalized spacial score (nSPS) is 13.2. The molecule has 0 aromatic rings. The lowest BCUT2D eigenvalue weighted by Gasteiger charge is -2.23. The molecule has 1 N–H and O–H groups in total. The third-order valence-electron chi connectivity index (χ3n) is 2.03. The molecule has 0 radical (unpaired) electrons. The Bertz CT molecular complexity index is 384. The predicted molar refractivity (Wildman–Crippen MR) is 67.5 cm³/mol. The van der Waals surface area contributed by atoms with Crippen LogP contribution in [0.15, 0.2) is 0 Å². The third kappa shape index (κ3) is 10.3. The van der Waals surface area contributed by atoms with Crippen LogP contribution in [0.2, 0.25) is 0 Å². The van der Waals surface area contributed by atoms with Gasteiger partial charge in [-0.25, -0.2) is 4.79 Å². The van der Waals surface area contributed by atoms with Crippen molar-refractivity contribution in [2.24, 2.45) is 5.41 Å². The Balaban J connectivity index is 4.08. The Morgan fingerprint density at radius 1 is 1.22 bits per heavy atom. The summed E-state index contributed by atoms with van der Waals surface area (Å²) in [6, 6.07) is 0. The summed E-state index contributed by atoms with van der Waals surface area (Å²) < 4.78 is 38.7. The largest absolute Gasteiger partial charge is 0.444 e. The molecule has 0 aliphatic rings. The van der Waals surface area contributed by atoms with Gasteiger partial charge in [-0.3, -0.25) is 0 Å². The van der Waals surface area contributed by atoms with E-state index in [9.17, 15) is 17.1 Å². The Morgan fingerprint density at radius 2 is 1.72 bits per heavy atom. The van der Waals surface area contributed by atoms with E-state index in [2.05, 4.69) is 5.32 Å². The zero-order valence-electron chi connectivity index (χ0n) is 11.5. The van der Waals surface area contributed by atoms with Crippen molar-refractivity contribution in [3.05, 3.63) is 0 Å². The maximum absolute atomic E-state index is 12.6. The minimum Gasteiger partial charge on any atom is -0.444 e. The van der Waals surface area contributed by atoms with Gasteiger partial charge in [-0.2, -0.15) is 8.42 Å². The summed E-state index contributed by atoms with van der Waals surface area (Å²) in [6.07, 6.45) is -0.225. The van der Waals surface area contributed by atoms with E-state index in [4.69, 9.17) is 4.74 Å². The second kappa shape index (κ2) is 5.86. The Morgan fingerprint density at radius 3 is 2.11 bits per heavy atom. The number of carbonyl (C=O) groups is 1. The molecule has 108 valence electrons. The number of halogens is 1. The average Bonchev–Trinajstić information content (AvgIpc) is 1.93. The fourth-order valence-electron chi connectivity index (χ4n) is 1.36. The number of rotatable bonds is 5. The quantitative estimate of drug-likeness (QED) is 0.785. The summed E-state index contributed by atoms with van der Waals surface area (Å²) in [7, 11) is -4.51. The molecular weight excluding hydrogens is 261 g/mol. The number of alkyl carbamates (subject to hydrolysis) is 1. The highest BCUT2D eigenvalue weighted by Gasteiger charge is 2.26. The zero-order chi connectivity index (χ0) is 14.6. The van der Waals surface area contributed by atoms with E-state index in [0.29, 0.717) is 6.42 Å². The first-order valence-corrected chi connectivity index (χ1v) is 7.25. The van der Waals surface area contributed by atoms with Crippen LogP contribution in [0.25, 0.3) is 0 Å². The third-order valence-corrected chi connectivity index (χ3v) is 3.16. The summed E-state index contributed by atoms with van der Waals surface area (Å²) in [5, 5.41) is 2.50. The molecular formula is C11H22FNO4S. The molecule has 0 aliphatic heterocycles. The fourth-order valence-corrected chi connectivity index (χ4v) is 2.43. The van der Waals surface area contributed by atoms with Crippen molar-refractivity contribution >= 4 is 16.3 Å². The molecule has 18 heavy (non-hydrogen) atoms. The number of ether oxygens (including phenoxy) is 1. The molecule has 0 unspecified atom stereocenters. The predicted octanol–water partition coefficient (Wildman–Crippen LogP) is 2.23. The van der Waals surface area contributed by atoms with Crippen LogP contribution < -0.4 is 5.32 Å². The SMILES string of the molecule is CC(C)(CCNC(=O)OC(C)(C)C)CS(=O)(=O)F. The van der Waals surface area contributed by atoms with E-state index in [1.165, 1.54) is 0 Å². The van der Waals surface area contributed by atoms with E-state index in [1.54, 1.807) is 34.6 Å². The van der Waals surface area contributed by atoms with E-state index >= 15 is 0 Å². The smallest absolute Gasteiger partial charge is 0.407 e. The van der Waals surface area contributed by atoms with Crippen LogP contribution in [0.4, 0.5) is 8.68 Å². The van der Waals surface area contributed by atoms with Gasteiger partial charge in [0.05, 0.1) is 5.75 Å². The molecule has 0 aromatic heterocycles. The molecule has 0 saturated carbocycles. The van der Waals surface area contributed by atoms with Gasteiger partial charge in [-0.15, -0.1) is 3.89 Å². The monoisotopic (exact) mass is 283 g/mol. The molecule has 0 aliphatic carbocycles. The van der Waals surface area contributed by atoms with Crippen LogP contribution >= 0.6 is 0 Å². The van der Waals surface area contributed by atoms with Crippen molar-refractivity contribution < 1.29 is 21.8 Å². The van der Waals surface area contributed by atoms with Crippen molar-refractivity contribution in [3.63, 3.8) is 0 Å². The maximum atomic E-state index is 12.6. The van der Waals surface area contributed by atoms with Crippen LogP contribution in [-0.2, 0) is 15.0 Å². The van der Waals surface area contributed by atoms with Gasteiger partial charge < -0.3 is 10.1 Å². The molecule has 0 spiro atoms. The lowest BCUT2D eigenvalue weighted by Crippen LogP contribution is -2.35. The highest BCUT2D eigenvalue weighted by Crippen LogP contribution is 2.22. The molecule has 1 amide bonds. The molecule has 0 bridgehead atoms. The lowest BCUT2D eigenvalue weighted by molar-refractivity contribution is 0.0523. The summed E-state index contributed by atoms with van der Waals surface area (Å²) in [5.74, 6) is -0.560. The van der Waals surface area contributed by atoms with Gasteiger partial charge in [0.1, 0.15) is 5.60 Å². The number of amides is 1. The van der Waals surface area contributed by atoms with Gasteiger partial charge in [-0.1, -0.05) is 13.8 Å². The first-order chi connectivity index (χ1) is 7.81. The van der Waals surface area contributed by atoms with Crippen molar-refractivity contribution in [1.82, 2.24) is 5.32 Å². The molecule has 0 saturated heterocycles. The summed E-state index contributed by atoms with van der Waals surface area (Å²) in [4.78, 5) is 11.3. The number of carbonyl (C=O) groups excluding carboxylic acids is 1. The maximum Gasteiger partial charge on any atom is 0.407 e. The molecule has 7 heteroatoms. The van der Waals surface area contributed by atoms with Crippen LogP contribution in [-0.4, -0.2) is 32.4 Å². The second-order valence-corrected chi connectivity index (χ2v) is 7.39. The minimum absolute atomic E-state index is 0.234. The average molecular weight is 283 g/mol. The molecule has 0 atom stereocenters. The minimum atomic E-state index is -4.51. The Labute approximate surface area is 108 Å². The lowest BCUT2D eigenvalue weighted by atomic mass is 9.92. The second-order valence-electron chi connectivity index (χ2n) is 6.03. The van der Waals surface area contributed by atoms with Gasteiger partial charge in [0, 0.05) is 6.54 Å². The van der Waals surface area contributed by atoms with Crippen molar-refractivity contribution in [3.8, 4) is 0 Å². The van der Waals surface area contributed by atoms with Crippen molar-refractivity contribution in [1.29, 1.82) is 0 Å². The summed E-state index contributed by atoms with van der Waals surface area (Å²) >= 11 is 0. The number of hydrogen-bond acceptors (Lipinski definition) is 4. The first-order valence-electron chi connectivity index (χ1n) is 5.70. The zero-order valence-corrected chi connectivity index (χ0v) is 12.4.